The van der Waals surface area contributed by atoms with Gasteiger partial charge in [-0.05, 0) is 17.5 Å². The molecule has 1 amide bonds. The maximum absolute atomic E-state index is 13.5. The molecule has 2 fully saturated rings. The summed E-state index contributed by atoms with van der Waals surface area (Å²) in [5, 5.41) is -0.874. The number of nitrogens with zero attached hydrogens (tertiary/aromatic N) is 2. The Labute approximate surface area is 183 Å². The average Bonchev–Trinajstić information content (AvgIpc) is 3.16. The minimum atomic E-state index is -3.69. The number of benzene rings is 2. The fourth-order valence-electron chi connectivity index (χ4n) is 4.32. The Morgan fingerprint density at radius 3 is 1.84 bits per heavy atom. The maximum Gasteiger partial charge on any atom is 0.234 e. The van der Waals surface area contributed by atoms with E-state index in [-0.39, 0.29) is 50.0 Å². The highest BCUT2D eigenvalue weighted by Crippen LogP contribution is 2.28. The van der Waals surface area contributed by atoms with E-state index >= 15 is 0 Å². The van der Waals surface area contributed by atoms with Gasteiger partial charge in [0, 0.05) is 26.2 Å². The van der Waals surface area contributed by atoms with Gasteiger partial charge in [-0.1, -0.05) is 60.7 Å². The van der Waals surface area contributed by atoms with Crippen LogP contribution in [0, 0.1) is 0 Å². The Balaban J connectivity index is 1.49. The van der Waals surface area contributed by atoms with Gasteiger partial charge < -0.3 is 4.90 Å². The molecule has 0 aromatic heterocycles. The summed E-state index contributed by atoms with van der Waals surface area (Å²) in [7, 11) is -6.97. The summed E-state index contributed by atoms with van der Waals surface area (Å²) >= 11 is 0. The lowest BCUT2D eigenvalue weighted by Gasteiger charge is -2.37. The van der Waals surface area contributed by atoms with Gasteiger partial charge in [0.1, 0.15) is 0 Å². The number of hydrogen-bond donors (Lipinski definition) is 0. The van der Waals surface area contributed by atoms with Gasteiger partial charge in [0.05, 0.1) is 22.7 Å². The number of piperazine rings is 1. The van der Waals surface area contributed by atoms with Crippen molar-refractivity contribution in [3.63, 3.8) is 0 Å². The summed E-state index contributed by atoms with van der Waals surface area (Å²) in [6.45, 7) is 0.934. The topological polar surface area (TPSA) is 91.8 Å². The molecule has 166 valence electrons. The summed E-state index contributed by atoms with van der Waals surface area (Å²) in [5.74, 6) is -0.896. The zero-order chi connectivity index (χ0) is 22.1. The quantitative estimate of drug-likeness (QED) is 0.671. The molecule has 4 rings (SSSR count). The van der Waals surface area contributed by atoms with Gasteiger partial charge in [0.2, 0.25) is 15.9 Å². The van der Waals surface area contributed by atoms with Crippen molar-refractivity contribution >= 4 is 25.8 Å². The minimum absolute atomic E-state index is 0.0575. The van der Waals surface area contributed by atoms with Crippen LogP contribution in [0.5, 0.6) is 0 Å². The van der Waals surface area contributed by atoms with Crippen LogP contribution in [-0.2, 0) is 24.7 Å². The zero-order valence-electron chi connectivity index (χ0n) is 17.1. The number of hydrogen-bond acceptors (Lipinski definition) is 5. The van der Waals surface area contributed by atoms with Crippen LogP contribution in [0.3, 0.4) is 0 Å². The molecule has 0 aliphatic carbocycles. The monoisotopic (exact) mass is 462 g/mol. The molecule has 0 saturated carbocycles. The summed E-state index contributed by atoms with van der Waals surface area (Å²) in [6, 6.07) is 19.1. The fraction of sp³-hybridized carbons (Fsp3) is 0.409. The molecule has 1 atom stereocenters. The van der Waals surface area contributed by atoms with E-state index in [2.05, 4.69) is 0 Å². The van der Waals surface area contributed by atoms with E-state index in [1.165, 1.54) is 4.31 Å². The molecule has 2 heterocycles. The third-order valence-electron chi connectivity index (χ3n) is 6.03. The molecule has 0 bridgehead atoms. The lowest BCUT2D eigenvalue weighted by atomic mass is 9.90. The second-order valence-corrected chi connectivity index (χ2v) is 12.5. The summed E-state index contributed by atoms with van der Waals surface area (Å²) in [5.41, 5.74) is 1.79. The van der Waals surface area contributed by atoms with Gasteiger partial charge in [0.15, 0.2) is 9.84 Å². The highest BCUT2D eigenvalue weighted by atomic mass is 32.2. The lowest BCUT2D eigenvalue weighted by Crippen LogP contribution is -2.53. The summed E-state index contributed by atoms with van der Waals surface area (Å²) in [6.07, 6.45) is 0.147. The van der Waals surface area contributed by atoms with Gasteiger partial charge in [-0.25, -0.2) is 16.8 Å². The maximum atomic E-state index is 13.5. The van der Waals surface area contributed by atoms with Crippen LogP contribution in [-0.4, -0.2) is 74.9 Å². The minimum Gasteiger partial charge on any atom is -0.339 e. The molecule has 31 heavy (non-hydrogen) atoms. The smallest absolute Gasteiger partial charge is 0.234 e. The van der Waals surface area contributed by atoms with E-state index in [0.717, 1.165) is 11.1 Å². The first-order valence-corrected chi connectivity index (χ1v) is 13.7. The standard InChI is InChI=1S/C22H26N2O5S2/c25-22(21(18-7-3-1-4-8-18)19-9-5-2-6-10-19)23-12-14-24(15-13-23)31(28,29)20-11-16-30(26,27)17-20/h1-10,20-21H,11-17H2/t20-/m1/s1. The Hall–Kier alpha value is -2.23. The van der Waals surface area contributed by atoms with Gasteiger partial charge in [-0.15, -0.1) is 0 Å². The van der Waals surface area contributed by atoms with E-state index in [1.807, 2.05) is 60.7 Å². The van der Waals surface area contributed by atoms with Crippen molar-refractivity contribution < 1.29 is 21.6 Å². The van der Waals surface area contributed by atoms with Crippen LogP contribution >= 0.6 is 0 Å². The van der Waals surface area contributed by atoms with E-state index in [1.54, 1.807) is 4.90 Å². The highest BCUT2D eigenvalue weighted by molar-refractivity contribution is 7.95. The molecule has 9 heteroatoms. The third kappa shape index (κ3) is 4.68. The number of sulfone groups is 1. The fourth-order valence-corrected chi connectivity index (χ4v) is 8.83. The molecule has 2 aliphatic rings. The van der Waals surface area contributed by atoms with Crippen molar-refractivity contribution in [2.24, 2.45) is 0 Å². The van der Waals surface area contributed by atoms with Crippen LogP contribution in [0.15, 0.2) is 60.7 Å². The Bertz CT molecular complexity index is 1090. The molecular formula is C22H26N2O5S2. The lowest BCUT2D eigenvalue weighted by molar-refractivity contribution is -0.133. The number of carbonyl (C=O) groups is 1. The van der Waals surface area contributed by atoms with Crippen LogP contribution in [0.4, 0.5) is 0 Å². The predicted octanol–water partition coefficient (Wildman–Crippen LogP) is 1.48. The molecule has 2 aliphatic heterocycles. The average molecular weight is 463 g/mol. The van der Waals surface area contributed by atoms with Crippen molar-refractivity contribution in [3.8, 4) is 0 Å². The molecule has 2 aromatic rings. The van der Waals surface area contributed by atoms with Gasteiger partial charge >= 0.3 is 0 Å². The van der Waals surface area contributed by atoms with Gasteiger partial charge in [-0.3, -0.25) is 4.79 Å². The second kappa shape index (κ2) is 8.72. The molecule has 2 saturated heterocycles. The van der Waals surface area contributed by atoms with E-state index in [4.69, 9.17) is 0 Å². The SMILES string of the molecule is O=C(C(c1ccccc1)c1ccccc1)N1CCN(S(=O)(=O)[C@@H]2CCS(=O)(=O)C2)CC1. The van der Waals surface area contributed by atoms with E-state index in [9.17, 15) is 21.6 Å². The first-order valence-electron chi connectivity index (χ1n) is 10.4. The van der Waals surface area contributed by atoms with E-state index in [0.29, 0.717) is 0 Å². The predicted molar refractivity (Wildman–Crippen MR) is 119 cm³/mol. The first-order chi connectivity index (χ1) is 14.8. The molecular weight excluding hydrogens is 436 g/mol. The van der Waals surface area contributed by atoms with Gasteiger partial charge in [0.25, 0.3) is 0 Å². The van der Waals surface area contributed by atoms with Crippen molar-refractivity contribution in [1.29, 1.82) is 0 Å². The normalized spacial score (nSPS) is 22.0. The Morgan fingerprint density at radius 2 is 1.39 bits per heavy atom. The molecule has 0 unspecified atom stereocenters. The number of amides is 1. The largest absolute Gasteiger partial charge is 0.339 e. The summed E-state index contributed by atoms with van der Waals surface area (Å²) < 4.78 is 50.6. The summed E-state index contributed by atoms with van der Waals surface area (Å²) in [4.78, 5) is 15.2. The zero-order valence-corrected chi connectivity index (χ0v) is 18.8. The third-order valence-corrected chi connectivity index (χ3v) is 10.3. The van der Waals surface area contributed by atoms with Crippen LogP contribution in [0.1, 0.15) is 23.5 Å². The Morgan fingerprint density at radius 1 is 0.871 bits per heavy atom. The van der Waals surface area contributed by atoms with Crippen molar-refractivity contribution in [1.82, 2.24) is 9.21 Å². The van der Waals surface area contributed by atoms with Crippen molar-refractivity contribution in [2.45, 2.75) is 17.6 Å². The first kappa shape index (κ1) is 22.0. The van der Waals surface area contributed by atoms with Gasteiger partial charge in [-0.2, -0.15) is 4.31 Å². The van der Waals surface area contributed by atoms with Crippen molar-refractivity contribution in [2.75, 3.05) is 37.7 Å². The number of rotatable bonds is 5. The number of carbonyl (C=O) groups excluding carboxylic acids is 1. The second-order valence-electron chi connectivity index (χ2n) is 8.05. The highest BCUT2D eigenvalue weighted by Gasteiger charge is 2.42. The molecule has 0 N–H and O–H groups in total. The molecule has 2 aromatic carbocycles. The molecule has 0 radical (unpaired) electrons. The van der Waals surface area contributed by atoms with Crippen LogP contribution in [0.25, 0.3) is 0 Å². The van der Waals surface area contributed by atoms with E-state index < -0.39 is 31.0 Å². The van der Waals surface area contributed by atoms with Crippen molar-refractivity contribution in [3.05, 3.63) is 71.8 Å². The number of sulfonamides is 1. The van der Waals surface area contributed by atoms with Crippen LogP contribution in [0.2, 0.25) is 0 Å². The molecule has 7 nitrogen and oxygen atoms in total. The Kier molecular flexibility index (Phi) is 6.18. The molecule has 0 spiro atoms. The van der Waals surface area contributed by atoms with Crippen LogP contribution < -0.4 is 0 Å².